The Morgan fingerprint density at radius 1 is 1.30 bits per heavy atom. The highest BCUT2D eigenvalue weighted by Crippen LogP contribution is 2.21. The van der Waals surface area contributed by atoms with Gasteiger partial charge in [-0.3, -0.25) is 0 Å². The number of hydrogen-bond donors (Lipinski definition) is 1. The molecule has 0 bridgehead atoms. The number of fused-ring (bicyclic) bond motifs is 1. The first-order valence-electron chi connectivity index (χ1n) is 7.42. The van der Waals surface area contributed by atoms with Crippen LogP contribution in [-0.2, 0) is 6.54 Å². The van der Waals surface area contributed by atoms with Crippen molar-refractivity contribution in [2.75, 3.05) is 19.3 Å². The van der Waals surface area contributed by atoms with Crippen LogP contribution in [0.5, 0.6) is 0 Å². The van der Waals surface area contributed by atoms with Crippen molar-refractivity contribution in [3.8, 4) is 0 Å². The lowest BCUT2D eigenvalue weighted by molar-refractivity contribution is 0.266. The molecule has 0 saturated heterocycles. The average Bonchev–Trinajstić information content (AvgIpc) is 2.72. The van der Waals surface area contributed by atoms with Crippen LogP contribution in [0.3, 0.4) is 0 Å². The molecular formula is C16H26N4. The molecule has 0 aliphatic carbocycles. The molecule has 0 atom stereocenters. The SMILES string of the molecule is Cc1cccc2c1nc(N)n2CCCCN(C)C(C)C. The first kappa shape index (κ1) is 14.9. The molecule has 4 heteroatoms. The fourth-order valence-corrected chi connectivity index (χ4v) is 2.43. The Hall–Kier alpha value is -1.55. The molecule has 0 spiro atoms. The summed E-state index contributed by atoms with van der Waals surface area (Å²) in [6.07, 6.45) is 2.31. The second-order valence-electron chi connectivity index (χ2n) is 5.85. The van der Waals surface area contributed by atoms with Crippen molar-refractivity contribution in [1.82, 2.24) is 14.5 Å². The van der Waals surface area contributed by atoms with Gasteiger partial charge in [-0.1, -0.05) is 12.1 Å². The van der Waals surface area contributed by atoms with E-state index in [0.717, 1.165) is 30.5 Å². The lowest BCUT2D eigenvalue weighted by Crippen LogP contribution is -2.27. The van der Waals surface area contributed by atoms with Crippen LogP contribution in [0.2, 0.25) is 0 Å². The van der Waals surface area contributed by atoms with Crippen molar-refractivity contribution in [3.63, 3.8) is 0 Å². The van der Waals surface area contributed by atoms with E-state index in [1.807, 2.05) is 0 Å². The maximum absolute atomic E-state index is 6.05. The molecule has 2 N–H and O–H groups in total. The number of para-hydroxylation sites is 1. The Labute approximate surface area is 121 Å². The predicted molar refractivity (Wildman–Crippen MR) is 85.9 cm³/mol. The second-order valence-corrected chi connectivity index (χ2v) is 5.85. The molecule has 0 fully saturated rings. The number of aryl methyl sites for hydroxylation is 2. The van der Waals surface area contributed by atoms with Crippen LogP contribution in [0, 0.1) is 6.92 Å². The number of benzene rings is 1. The normalized spacial score (nSPS) is 11.9. The number of nitrogen functional groups attached to an aromatic ring is 1. The minimum atomic E-state index is 0.608. The van der Waals surface area contributed by atoms with Crippen LogP contribution in [-0.4, -0.2) is 34.1 Å². The highest BCUT2D eigenvalue weighted by atomic mass is 15.2. The van der Waals surface area contributed by atoms with Crippen LogP contribution in [0.4, 0.5) is 5.95 Å². The van der Waals surface area contributed by atoms with Gasteiger partial charge in [-0.15, -0.1) is 0 Å². The number of aromatic nitrogens is 2. The number of anilines is 1. The van der Waals surface area contributed by atoms with E-state index >= 15 is 0 Å². The minimum Gasteiger partial charge on any atom is -0.369 e. The van der Waals surface area contributed by atoms with E-state index in [2.05, 4.69) is 60.5 Å². The molecule has 0 aliphatic rings. The summed E-state index contributed by atoms with van der Waals surface area (Å²) in [7, 11) is 2.18. The summed E-state index contributed by atoms with van der Waals surface area (Å²) in [6, 6.07) is 6.86. The predicted octanol–water partition coefficient (Wildman–Crippen LogP) is 3.05. The number of imidazole rings is 1. The quantitative estimate of drug-likeness (QED) is 0.824. The average molecular weight is 274 g/mol. The fourth-order valence-electron chi connectivity index (χ4n) is 2.43. The molecule has 1 aromatic carbocycles. The number of hydrogen-bond acceptors (Lipinski definition) is 3. The second kappa shape index (κ2) is 6.27. The molecule has 1 aromatic heterocycles. The van der Waals surface area contributed by atoms with Gasteiger partial charge < -0.3 is 15.2 Å². The molecule has 0 amide bonds. The van der Waals surface area contributed by atoms with Crippen molar-refractivity contribution in [3.05, 3.63) is 23.8 Å². The highest BCUT2D eigenvalue weighted by Gasteiger charge is 2.09. The zero-order valence-corrected chi connectivity index (χ0v) is 13.1. The Kier molecular flexibility index (Phi) is 4.65. The molecule has 1 heterocycles. The number of rotatable bonds is 6. The topological polar surface area (TPSA) is 47.1 Å². The summed E-state index contributed by atoms with van der Waals surface area (Å²) < 4.78 is 2.14. The summed E-state index contributed by atoms with van der Waals surface area (Å²) in [5.74, 6) is 0.631. The van der Waals surface area contributed by atoms with Gasteiger partial charge in [-0.2, -0.15) is 0 Å². The monoisotopic (exact) mass is 274 g/mol. The van der Waals surface area contributed by atoms with Gasteiger partial charge in [-0.05, 0) is 58.8 Å². The van der Waals surface area contributed by atoms with Crippen LogP contribution in [0.25, 0.3) is 11.0 Å². The van der Waals surface area contributed by atoms with E-state index in [9.17, 15) is 0 Å². The Morgan fingerprint density at radius 2 is 2.05 bits per heavy atom. The third-order valence-electron chi connectivity index (χ3n) is 4.03. The van der Waals surface area contributed by atoms with Crippen LogP contribution < -0.4 is 5.73 Å². The van der Waals surface area contributed by atoms with Crippen LogP contribution >= 0.6 is 0 Å². The van der Waals surface area contributed by atoms with Crippen molar-refractivity contribution < 1.29 is 0 Å². The van der Waals surface area contributed by atoms with Gasteiger partial charge in [0.1, 0.15) is 0 Å². The zero-order valence-electron chi connectivity index (χ0n) is 13.1. The zero-order chi connectivity index (χ0) is 14.7. The fraction of sp³-hybridized carbons (Fsp3) is 0.562. The van der Waals surface area contributed by atoms with E-state index in [0.29, 0.717) is 12.0 Å². The Bertz CT molecular complexity index is 571. The molecule has 4 nitrogen and oxygen atoms in total. The van der Waals surface area contributed by atoms with E-state index in [1.165, 1.54) is 12.0 Å². The van der Waals surface area contributed by atoms with Gasteiger partial charge >= 0.3 is 0 Å². The van der Waals surface area contributed by atoms with Crippen molar-refractivity contribution in [1.29, 1.82) is 0 Å². The molecule has 110 valence electrons. The summed E-state index contributed by atoms with van der Waals surface area (Å²) in [5.41, 5.74) is 9.43. The lowest BCUT2D eigenvalue weighted by atomic mass is 10.2. The van der Waals surface area contributed by atoms with Gasteiger partial charge in [-0.25, -0.2) is 4.98 Å². The molecule has 0 radical (unpaired) electrons. The van der Waals surface area contributed by atoms with Gasteiger partial charge in [0.15, 0.2) is 0 Å². The maximum Gasteiger partial charge on any atom is 0.201 e. The summed E-state index contributed by atoms with van der Waals surface area (Å²) in [4.78, 5) is 6.86. The first-order valence-corrected chi connectivity index (χ1v) is 7.42. The van der Waals surface area contributed by atoms with Crippen molar-refractivity contribution in [2.24, 2.45) is 0 Å². The van der Waals surface area contributed by atoms with E-state index in [4.69, 9.17) is 5.73 Å². The van der Waals surface area contributed by atoms with Gasteiger partial charge in [0.05, 0.1) is 11.0 Å². The van der Waals surface area contributed by atoms with Gasteiger partial charge in [0.2, 0.25) is 5.95 Å². The van der Waals surface area contributed by atoms with Crippen LogP contribution in [0.15, 0.2) is 18.2 Å². The highest BCUT2D eigenvalue weighted by molar-refractivity contribution is 5.81. The third kappa shape index (κ3) is 3.12. The Balaban J connectivity index is 2.00. The molecule has 2 rings (SSSR count). The van der Waals surface area contributed by atoms with E-state index < -0.39 is 0 Å². The smallest absolute Gasteiger partial charge is 0.201 e. The maximum atomic E-state index is 6.05. The van der Waals surface area contributed by atoms with Gasteiger partial charge in [0.25, 0.3) is 0 Å². The first-order chi connectivity index (χ1) is 9.50. The van der Waals surface area contributed by atoms with Gasteiger partial charge in [0, 0.05) is 12.6 Å². The van der Waals surface area contributed by atoms with Crippen molar-refractivity contribution >= 4 is 17.0 Å². The van der Waals surface area contributed by atoms with Crippen molar-refractivity contribution in [2.45, 2.75) is 46.2 Å². The third-order valence-corrected chi connectivity index (χ3v) is 4.03. The lowest BCUT2D eigenvalue weighted by Gasteiger charge is -2.20. The summed E-state index contributed by atoms with van der Waals surface area (Å²) in [6.45, 7) is 8.60. The van der Waals surface area contributed by atoms with E-state index in [-0.39, 0.29) is 0 Å². The van der Waals surface area contributed by atoms with E-state index in [1.54, 1.807) is 0 Å². The number of unbranched alkanes of at least 4 members (excludes halogenated alkanes) is 1. The number of nitrogens with zero attached hydrogens (tertiary/aromatic N) is 3. The minimum absolute atomic E-state index is 0.608. The largest absolute Gasteiger partial charge is 0.369 e. The summed E-state index contributed by atoms with van der Waals surface area (Å²) >= 11 is 0. The molecule has 20 heavy (non-hydrogen) atoms. The molecule has 2 aromatic rings. The summed E-state index contributed by atoms with van der Waals surface area (Å²) in [5, 5.41) is 0. The van der Waals surface area contributed by atoms with Crippen LogP contribution in [0.1, 0.15) is 32.3 Å². The standard InChI is InChI=1S/C16H26N4/c1-12(2)19(4)10-5-6-11-20-14-9-7-8-13(3)15(14)18-16(20)17/h7-9,12H,5-6,10-11H2,1-4H3,(H2,17,18). The Morgan fingerprint density at radius 3 is 2.75 bits per heavy atom. The number of nitrogens with two attached hydrogens (primary N) is 1. The molecular weight excluding hydrogens is 248 g/mol. The molecule has 0 saturated carbocycles. The molecule has 0 unspecified atom stereocenters. The molecule has 0 aliphatic heterocycles.